The van der Waals surface area contributed by atoms with Gasteiger partial charge in [0, 0.05) is 0 Å². The van der Waals surface area contributed by atoms with Crippen molar-refractivity contribution >= 4 is 0 Å². The van der Waals surface area contributed by atoms with E-state index < -0.39 is 5.09 Å². The molecule has 96 valence electrons. The number of hydrogen-bond donors (Lipinski definition) is 0. The third-order valence-electron chi connectivity index (χ3n) is 2.82. The Morgan fingerprint density at radius 2 is 1.88 bits per heavy atom. The van der Waals surface area contributed by atoms with Gasteiger partial charge in [-0.25, -0.2) is 0 Å². The van der Waals surface area contributed by atoms with Crippen molar-refractivity contribution in [1.29, 1.82) is 0 Å². The first-order chi connectivity index (χ1) is 7.56. The lowest BCUT2D eigenvalue weighted by atomic mass is 9.93. The van der Waals surface area contributed by atoms with Gasteiger partial charge in [-0.2, -0.15) is 0 Å². The molecule has 0 aliphatic carbocycles. The highest BCUT2D eigenvalue weighted by atomic mass is 16.9. The second kappa shape index (κ2) is 9.43. The predicted molar refractivity (Wildman–Crippen MR) is 64.7 cm³/mol. The largest absolute Gasteiger partial charge is 0.314 e. The van der Waals surface area contributed by atoms with Crippen LogP contribution in [0.1, 0.15) is 59.3 Å². The highest BCUT2D eigenvalue weighted by molar-refractivity contribution is 4.59. The van der Waals surface area contributed by atoms with Crippen molar-refractivity contribution in [3.63, 3.8) is 0 Å². The molecule has 0 rings (SSSR count). The molecule has 16 heavy (non-hydrogen) atoms. The van der Waals surface area contributed by atoms with Crippen molar-refractivity contribution in [1.82, 2.24) is 0 Å². The zero-order chi connectivity index (χ0) is 12.4. The molecule has 0 saturated carbocycles. The SMILES string of the molecule is CCCCCCC(C)CC(C)CO[N+](=O)[O-]. The quantitative estimate of drug-likeness (QED) is 0.326. The van der Waals surface area contributed by atoms with Gasteiger partial charge in [0.15, 0.2) is 0 Å². The van der Waals surface area contributed by atoms with Crippen LogP contribution in [0.5, 0.6) is 0 Å². The fraction of sp³-hybridized carbons (Fsp3) is 1.00. The van der Waals surface area contributed by atoms with Crippen LogP contribution >= 0.6 is 0 Å². The lowest BCUT2D eigenvalue weighted by Crippen LogP contribution is -2.13. The first-order valence-corrected chi connectivity index (χ1v) is 6.33. The first-order valence-electron chi connectivity index (χ1n) is 6.33. The van der Waals surface area contributed by atoms with E-state index in [-0.39, 0.29) is 12.5 Å². The third kappa shape index (κ3) is 9.74. The van der Waals surface area contributed by atoms with Crippen molar-refractivity contribution < 1.29 is 9.92 Å². The molecule has 0 aromatic heterocycles. The van der Waals surface area contributed by atoms with Gasteiger partial charge in [-0.1, -0.05) is 52.9 Å². The predicted octanol–water partition coefficient (Wildman–Crippen LogP) is 3.83. The second-order valence-corrected chi connectivity index (χ2v) is 4.81. The van der Waals surface area contributed by atoms with E-state index in [1.54, 1.807) is 0 Å². The topological polar surface area (TPSA) is 52.4 Å². The Labute approximate surface area is 98.5 Å². The Kier molecular flexibility index (Phi) is 8.96. The average molecular weight is 231 g/mol. The van der Waals surface area contributed by atoms with Crippen LogP contribution in [0.2, 0.25) is 0 Å². The summed E-state index contributed by atoms with van der Waals surface area (Å²) in [6, 6.07) is 0. The van der Waals surface area contributed by atoms with Crippen LogP contribution in [0.4, 0.5) is 0 Å². The van der Waals surface area contributed by atoms with Gasteiger partial charge < -0.3 is 4.84 Å². The highest BCUT2D eigenvalue weighted by Gasteiger charge is 2.10. The van der Waals surface area contributed by atoms with E-state index in [0.717, 1.165) is 6.42 Å². The van der Waals surface area contributed by atoms with Crippen LogP contribution in [0, 0.1) is 22.0 Å². The maximum Gasteiger partial charge on any atom is 0.294 e. The second-order valence-electron chi connectivity index (χ2n) is 4.81. The smallest absolute Gasteiger partial charge is 0.294 e. The Morgan fingerprint density at radius 1 is 1.19 bits per heavy atom. The lowest BCUT2D eigenvalue weighted by Gasteiger charge is -2.16. The Hall–Kier alpha value is -0.800. The molecule has 0 radical (unpaired) electrons. The summed E-state index contributed by atoms with van der Waals surface area (Å²) < 4.78 is 0. The fourth-order valence-corrected chi connectivity index (χ4v) is 1.98. The van der Waals surface area contributed by atoms with Gasteiger partial charge >= 0.3 is 0 Å². The molecule has 0 bridgehead atoms. The highest BCUT2D eigenvalue weighted by Crippen LogP contribution is 2.18. The van der Waals surface area contributed by atoms with Crippen LogP contribution in [-0.2, 0) is 4.84 Å². The van der Waals surface area contributed by atoms with E-state index in [1.807, 2.05) is 6.92 Å². The Bertz CT molecular complexity index is 185. The molecule has 0 amide bonds. The van der Waals surface area contributed by atoms with Gasteiger partial charge in [-0.3, -0.25) is 0 Å². The van der Waals surface area contributed by atoms with E-state index >= 15 is 0 Å². The van der Waals surface area contributed by atoms with Crippen LogP contribution in [0.25, 0.3) is 0 Å². The fourth-order valence-electron chi connectivity index (χ4n) is 1.98. The summed E-state index contributed by atoms with van der Waals surface area (Å²) in [5.74, 6) is 0.911. The van der Waals surface area contributed by atoms with Crippen LogP contribution in [0.3, 0.4) is 0 Å². The van der Waals surface area contributed by atoms with Crippen molar-refractivity contribution in [3.8, 4) is 0 Å². The van der Waals surface area contributed by atoms with Crippen LogP contribution < -0.4 is 0 Å². The average Bonchev–Trinajstić information content (AvgIpc) is 2.21. The van der Waals surface area contributed by atoms with Gasteiger partial charge in [-0.05, 0) is 18.3 Å². The number of nitrogens with zero attached hydrogens (tertiary/aromatic N) is 1. The van der Waals surface area contributed by atoms with E-state index in [1.165, 1.54) is 32.1 Å². The van der Waals surface area contributed by atoms with Crippen molar-refractivity contribution in [3.05, 3.63) is 10.1 Å². The van der Waals surface area contributed by atoms with Gasteiger partial charge in [0.05, 0.1) is 6.61 Å². The Morgan fingerprint density at radius 3 is 2.44 bits per heavy atom. The minimum atomic E-state index is -0.706. The molecule has 0 spiro atoms. The monoisotopic (exact) mass is 231 g/mol. The number of unbranched alkanes of at least 4 members (excludes halogenated alkanes) is 3. The summed E-state index contributed by atoms with van der Waals surface area (Å²) in [5.41, 5.74) is 0. The molecule has 0 N–H and O–H groups in total. The van der Waals surface area contributed by atoms with Crippen molar-refractivity contribution in [2.45, 2.75) is 59.3 Å². The van der Waals surface area contributed by atoms with Gasteiger partial charge in [0.2, 0.25) is 0 Å². The van der Waals surface area contributed by atoms with E-state index in [9.17, 15) is 10.1 Å². The van der Waals surface area contributed by atoms with Crippen molar-refractivity contribution in [2.24, 2.45) is 11.8 Å². The van der Waals surface area contributed by atoms with Gasteiger partial charge in [-0.15, -0.1) is 10.1 Å². The zero-order valence-electron chi connectivity index (χ0n) is 10.8. The van der Waals surface area contributed by atoms with Gasteiger partial charge in [0.1, 0.15) is 0 Å². The first kappa shape index (κ1) is 15.2. The molecule has 0 aliphatic heterocycles. The number of hydrogen-bond acceptors (Lipinski definition) is 3. The number of rotatable bonds is 10. The molecule has 0 saturated heterocycles. The lowest BCUT2D eigenvalue weighted by molar-refractivity contribution is -0.759. The molecule has 0 aromatic rings. The molecule has 0 aliphatic rings. The normalized spacial score (nSPS) is 14.4. The summed E-state index contributed by atoms with van der Waals surface area (Å²) in [4.78, 5) is 14.4. The molecule has 2 unspecified atom stereocenters. The summed E-state index contributed by atoms with van der Waals surface area (Å²) in [6.45, 7) is 6.66. The molecule has 0 aromatic carbocycles. The standard InChI is InChI=1S/C12H25NO3/c1-4-5-6-7-8-11(2)9-12(3)10-16-13(14)15/h11-12H,4-10H2,1-3H3. The molecular formula is C12H25NO3. The van der Waals surface area contributed by atoms with E-state index in [2.05, 4.69) is 18.7 Å². The molecule has 0 fully saturated rings. The summed E-state index contributed by atoms with van der Waals surface area (Å²) in [6.07, 6.45) is 7.40. The van der Waals surface area contributed by atoms with E-state index in [0.29, 0.717) is 5.92 Å². The van der Waals surface area contributed by atoms with E-state index in [4.69, 9.17) is 0 Å². The van der Waals surface area contributed by atoms with Gasteiger partial charge in [0.25, 0.3) is 5.09 Å². The molecule has 4 nitrogen and oxygen atoms in total. The van der Waals surface area contributed by atoms with Crippen molar-refractivity contribution in [2.75, 3.05) is 6.61 Å². The zero-order valence-corrected chi connectivity index (χ0v) is 10.8. The Balaban J connectivity index is 3.46. The molecular weight excluding hydrogens is 206 g/mol. The minimum Gasteiger partial charge on any atom is -0.314 e. The molecule has 4 heteroatoms. The summed E-state index contributed by atoms with van der Waals surface area (Å²) in [5, 5.41) is 9.31. The molecule has 2 atom stereocenters. The summed E-state index contributed by atoms with van der Waals surface area (Å²) >= 11 is 0. The summed E-state index contributed by atoms with van der Waals surface area (Å²) in [7, 11) is 0. The third-order valence-corrected chi connectivity index (χ3v) is 2.82. The minimum absolute atomic E-state index is 0.228. The maximum atomic E-state index is 10.0. The van der Waals surface area contributed by atoms with Crippen LogP contribution in [0.15, 0.2) is 0 Å². The molecule has 0 heterocycles. The van der Waals surface area contributed by atoms with Crippen LogP contribution in [-0.4, -0.2) is 11.7 Å². The maximum absolute atomic E-state index is 10.0.